The van der Waals surface area contributed by atoms with E-state index < -0.39 is 0 Å². The van der Waals surface area contributed by atoms with Crippen molar-refractivity contribution in [1.82, 2.24) is 10.6 Å². The van der Waals surface area contributed by atoms with Crippen LogP contribution in [0.2, 0.25) is 0 Å². The highest BCUT2D eigenvalue weighted by atomic mass is 35.5. The number of piperidine rings is 1. The average Bonchev–Trinajstić information content (AvgIpc) is 2.69. The maximum absolute atomic E-state index is 12.7. The molecule has 1 amide bonds. The van der Waals surface area contributed by atoms with Gasteiger partial charge in [0.2, 0.25) is 5.91 Å². The van der Waals surface area contributed by atoms with Gasteiger partial charge in [-0.2, -0.15) is 0 Å². The molecule has 2 N–H and O–H groups in total. The van der Waals surface area contributed by atoms with Gasteiger partial charge in [-0.1, -0.05) is 67.6 Å². The quantitative estimate of drug-likeness (QED) is 0.733. The van der Waals surface area contributed by atoms with Gasteiger partial charge >= 0.3 is 0 Å². The first-order valence-corrected chi connectivity index (χ1v) is 9.81. The molecule has 0 bridgehead atoms. The molecule has 27 heavy (non-hydrogen) atoms. The molecule has 0 spiro atoms. The minimum absolute atomic E-state index is 0. The molecule has 1 saturated heterocycles. The summed E-state index contributed by atoms with van der Waals surface area (Å²) in [6.07, 6.45) is 3.79. The van der Waals surface area contributed by atoms with E-state index in [1.54, 1.807) is 0 Å². The van der Waals surface area contributed by atoms with E-state index in [1.165, 1.54) is 24.0 Å². The summed E-state index contributed by atoms with van der Waals surface area (Å²) in [5, 5.41) is 6.70. The third kappa shape index (κ3) is 6.67. The molecule has 2 aromatic rings. The molecule has 0 aromatic heterocycles. The Morgan fingerprint density at radius 2 is 1.63 bits per heavy atom. The molecule has 146 valence electrons. The lowest BCUT2D eigenvalue weighted by molar-refractivity contribution is -0.123. The Morgan fingerprint density at radius 3 is 2.26 bits per heavy atom. The van der Waals surface area contributed by atoms with Gasteiger partial charge in [0.05, 0.1) is 6.04 Å². The van der Waals surface area contributed by atoms with Crippen LogP contribution in [-0.4, -0.2) is 19.0 Å². The van der Waals surface area contributed by atoms with Gasteiger partial charge in [-0.3, -0.25) is 4.79 Å². The van der Waals surface area contributed by atoms with Crippen LogP contribution in [0.5, 0.6) is 0 Å². The van der Waals surface area contributed by atoms with Crippen LogP contribution in [0, 0.1) is 11.8 Å². The fourth-order valence-electron chi connectivity index (χ4n) is 3.91. The first-order chi connectivity index (χ1) is 12.7. The second-order valence-electron chi connectivity index (χ2n) is 7.49. The number of halogens is 1. The Morgan fingerprint density at radius 1 is 1.04 bits per heavy atom. The van der Waals surface area contributed by atoms with Gasteiger partial charge in [0, 0.05) is 6.42 Å². The molecule has 0 saturated carbocycles. The highest BCUT2D eigenvalue weighted by Gasteiger charge is 2.23. The summed E-state index contributed by atoms with van der Waals surface area (Å²) in [6, 6.07) is 20.7. The van der Waals surface area contributed by atoms with Crippen molar-refractivity contribution in [3.8, 4) is 0 Å². The van der Waals surface area contributed by atoms with Crippen molar-refractivity contribution in [2.24, 2.45) is 11.8 Å². The molecule has 1 heterocycles. The monoisotopic (exact) mass is 386 g/mol. The van der Waals surface area contributed by atoms with Crippen LogP contribution in [0.15, 0.2) is 60.7 Å². The zero-order valence-electron chi connectivity index (χ0n) is 16.1. The molecular weight excluding hydrogens is 356 g/mol. The van der Waals surface area contributed by atoms with Gasteiger partial charge in [-0.25, -0.2) is 0 Å². The minimum atomic E-state index is 0. The van der Waals surface area contributed by atoms with E-state index in [9.17, 15) is 4.79 Å². The predicted molar refractivity (Wildman–Crippen MR) is 114 cm³/mol. The second kappa shape index (κ2) is 11.1. The molecule has 0 radical (unpaired) electrons. The highest BCUT2D eigenvalue weighted by molar-refractivity contribution is 5.85. The molecule has 2 atom stereocenters. The number of benzene rings is 2. The molecule has 1 aliphatic heterocycles. The number of carbonyl (C=O) groups excluding carboxylic acids is 1. The Kier molecular flexibility index (Phi) is 8.83. The topological polar surface area (TPSA) is 41.1 Å². The van der Waals surface area contributed by atoms with E-state index in [1.807, 2.05) is 24.3 Å². The van der Waals surface area contributed by atoms with Crippen LogP contribution in [0.3, 0.4) is 0 Å². The maximum Gasteiger partial charge on any atom is 0.220 e. The SMILES string of the molecule is CC(CC(=O)NC(Cc1ccccc1)c1ccccc1)C1CCNCC1.Cl. The Hall–Kier alpha value is -1.84. The second-order valence-corrected chi connectivity index (χ2v) is 7.49. The lowest BCUT2D eigenvalue weighted by Gasteiger charge is -2.28. The van der Waals surface area contributed by atoms with Gasteiger partial charge in [-0.05, 0) is 55.3 Å². The molecule has 3 rings (SSSR count). The molecule has 1 aliphatic rings. The van der Waals surface area contributed by atoms with Crippen molar-refractivity contribution in [1.29, 1.82) is 0 Å². The van der Waals surface area contributed by atoms with E-state index in [-0.39, 0.29) is 24.4 Å². The number of hydrogen-bond donors (Lipinski definition) is 2. The van der Waals surface area contributed by atoms with Crippen LogP contribution >= 0.6 is 12.4 Å². The van der Waals surface area contributed by atoms with Crippen molar-refractivity contribution in [3.63, 3.8) is 0 Å². The molecule has 0 aliphatic carbocycles. The van der Waals surface area contributed by atoms with Gasteiger partial charge in [0.15, 0.2) is 0 Å². The van der Waals surface area contributed by atoms with E-state index in [0.717, 1.165) is 19.5 Å². The molecule has 3 nitrogen and oxygen atoms in total. The van der Waals surface area contributed by atoms with E-state index in [0.29, 0.717) is 18.3 Å². The van der Waals surface area contributed by atoms with Crippen LogP contribution in [0.4, 0.5) is 0 Å². The zero-order chi connectivity index (χ0) is 18.2. The smallest absolute Gasteiger partial charge is 0.220 e. The normalized spacial score (nSPS) is 16.8. The first kappa shape index (κ1) is 21.5. The molecule has 2 aromatic carbocycles. The third-order valence-corrected chi connectivity index (χ3v) is 5.52. The van der Waals surface area contributed by atoms with Crippen molar-refractivity contribution < 1.29 is 4.79 Å². The largest absolute Gasteiger partial charge is 0.349 e. The summed E-state index contributed by atoms with van der Waals surface area (Å²) >= 11 is 0. The van der Waals surface area contributed by atoms with Crippen LogP contribution < -0.4 is 10.6 Å². The summed E-state index contributed by atoms with van der Waals surface area (Å²) in [5.74, 6) is 1.26. The van der Waals surface area contributed by atoms with Crippen molar-refractivity contribution in [3.05, 3.63) is 71.8 Å². The Bertz CT molecular complexity index is 671. The van der Waals surface area contributed by atoms with Crippen molar-refractivity contribution >= 4 is 18.3 Å². The lowest BCUT2D eigenvalue weighted by atomic mass is 9.84. The Balaban J connectivity index is 0.00000261. The van der Waals surface area contributed by atoms with E-state index in [4.69, 9.17) is 0 Å². The summed E-state index contributed by atoms with van der Waals surface area (Å²) in [4.78, 5) is 12.7. The summed E-state index contributed by atoms with van der Waals surface area (Å²) in [5.41, 5.74) is 2.41. The number of carbonyl (C=O) groups is 1. The van der Waals surface area contributed by atoms with Gasteiger partial charge < -0.3 is 10.6 Å². The molecule has 2 unspecified atom stereocenters. The summed E-state index contributed by atoms with van der Waals surface area (Å²) in [7, 11) is 0. The lowest BCUT2D eigenvalue weighted by Crippen LogP contribution is -2.35. The molecular formula is C23H31ClN2O. The number of hydrogen-bond acceptors (Lipinski definition) is 2. The number of nitrogens with one attached hydrogen (secondary N) is 2. The van der Waals surface area contributed by atoms with E-state index >= 15 is 0 Å². The summed E-state index contributed by atoms with van der Waals surface area (Å²) in [6.45, 7) is 4.39. The van der Waals surface area contributed by atoms with E-state index in [2.05, 4.69) is 54.0 Å². The minimum Gasteiger partial charge on any atom is -0.349 e. The van der Waals surface area contributed by atoms with Crippen molar-refractivity contribution in [2.75, 3.05) is 13.1 Å². The Labute approximate surface area is 169 Å². The van der Waals surface area contributed by atoms with Crippen LogP contribution in [0.1, 0.15) is 43.4 Å². The predicted octanol–water partition coefficient (Wildman–Crippen LogP) is 4.53. The zero-order valence-corrected chi connectivity index (χ0v) is 16.9. The van der Waals surface area contributed by atoms with Gasteiger partial charge in [0.25, 0.3) is 0 Å². The van der Waals surface area contributed by atoms with Gasteiger partial charge in [-0.15, -0.1) is 12.4 Å². The first-order valence-electron chi connectivity index (χ1n) is 9.81. The van der Waals surface area contributed by atoms with Crippen LogP contribution in [-0.2, 0) is 11.2 Å². The fraction of sp³-hybridized carbons (Fsp3) is 0.435. The standard InChI is InChI=1S/C23H30N2O.ClH/c1-18(20-12-14-24-15-13-20)16-23(26)25-22(21-10-6-3-7-11-21)17-19-8-4-2-5-9-19;/h2-11,18,20,22,24H,12-17H2,1H3,(H,25,26);1H. The van der Waals surface area contributed by atoms with Crippen molar-refractivity contribution in [2.45, 2.75) is 38.6 Å². The highest BCUT2D eigenvalue weighted by Crippen LogP contribution is 2.25. The molecule has 1 fully saturated rings. The van der Waals surface area contributed by atoms with Gasteiger partial charge in [0.1, 0.15) is 0 Å². The average molecular weight is 387 g/mol. The third-order valence-electron chi connectivity index (χ3n) is 5.52. The maximum atomic E-state index is 12.7. The van der Waals surface area contributed by atoms with Crippen LogP contribution in [0.25, 0.3) is 0 Å². The fourth-order valence-corrected chi connectivity index (χ4v) is 3.91. The summed E-state index contributed by atoms with van der Waals surface area (Å²) < 4.78 is 0. The number of rotatable bonds is 7. The number of amides is 1. The molecule has 4 heteroatoms.